The molecule has 0 aromatic carbocycles. The van der Waals surface area contributed by atoms with Crippen LogP contribution in [0.4, 0.5) is 0 Å². The molecule has 7 N–H and O–H groups in total. The minimum atomic E-state index is -1.11. The van der Waals surface area contributed by atoms with E-state index in [1.54, 1.807) is 0 Å². The Morgan fingerprint density at radius 3 is 0.778 bits per heavy atom. The number of rotatable bonds is 7. The quantitative estimate of drug-likeness (QED) is 0.245. The van der Waals surface area contributed by atoms with Crippen LogP contribution in [0.25, 0.3) is 0 Å². The summed E-state index contributed by atoms with van der Waals surface area (Å²) in [4.78, 5) is 28.4. The van der Waals surface area contributed by atoms with Crippen molar-refractivity contribution < 1.29 is 50.1 Å². The van der Waals surface area contributed by atoms with E-state index in [1.165, 1.54) is 0 Å². The molecule has 10 nitrogen and oxygen atoms in total. The number of carboxylic acid groups (broad SMARTS) is 3. The number of hydrogen-bond donors (Lipinski definition) is 7. The Kier molecular flexibility index (Phi) is 26.9. The van der Waals surface area contributed by atoms with Crippen LogP contribution in [0.2, 0.25) is 0 Å². The van der Waals surface area contributed by atoms with E-state index < -0.39 is 49.8 Å². The summed E-state index contributed by atoms with van der Waals surface area (Å²) < 4.78 is 0. The van der Waals surface area contributed by atoms with Gasteiger partial charge in [-0.25, -0.2) is 0 Å². The van der Waals surface area contributed by atoms with E-state index in [9.17, 15) is 14.4 Å². The smallest absolute Gasteiger partial charge is 0.315 e. The minimum absolute atomic E-state index is 0.181. The molecule has 0 aliphatic rings. The lowest BCUT2D eigenvalue weighted by atomic mass is 9.93. The summed E-state index contributed by atoms with van der Waals surface area (Å²) >= 11 is 0. The van der Waals surface area contributed by atoms with Crippen molar-refractivity contribution in [3.8, 4) is 37.0 Å². The molecule has 0 amide bonds. The van der Waals surface area contributed by atoms with E-state index >= 15 is 0 Å². The van der Waals surface area contributed by atoms with Crippen LogP contribution in [0.1, 0.15) is 19.3 Å². The number of aliphatic hydroxyl groups excluding tert-OH is 4. The van der Waals surface area contributed by atoms with E-state index in [0.29, 0.717) is 0 Å². The SMILES string of the molecule is C#CCC(=O)O.C#CCC(=O)O.C#CCC(=O)O.OCC(CO)(CO)CO. The normalized spacial score (nSPS) is 8.33. The number of aliphatic carboxylic acids is 3. The van der Waals surface area contributed by atoms with Gasteiger partial charge in [0.1, 0.15) is 19.3 Å². The molecular formula is C17H24O10. The maximum absolute atomic E-state index is 9.46. The Morgan fingerprint density at radius 2 is 0.778 bits per heavy atom. The first-order valence-corrected chi connectivity index (χ1v) is 6.95. The molecular weight excluding hydrogens is 364 g/mol. The first-order chi connectivity index (χ1) is 12.6. The van der Waals surface area contributed by atoms with Gasteiger partial charge in [-0.3, -0.25) is 14.4 Å². The second-order valence-electron chi connectivity index (χ2n) is 4.46. The number of carbonyl (C=O) groups is 3. The predicted octanol–water partition coefficient (Wildman–Crippen LogP) is -1.78. The van der Waals surface area contributed by atoms with E-state index in [1.807, 2.05) is 17.8 Å². The number of terminal acetylenes is 3. The topological polar surface area (TPSA) is 193 Å². The molecule has 0 atom stereocenters. The molecule has 0 bridgehead atoms. The highest BCUT2D eigenvalue weighted by atomic mass is 16.4. The third-order valence-corrected chi connectivity index (χ3v) is 2.10. The fourth-order valence-corrected chi connectivity index (χ4v) is 0.562. The van der Waals surface area contributed by atoms with Crippen molar-refractivity contribution in [3.63, 3.8) is 0 Å². The van der Waals surface area contributed by atoms with Gasteiger partial charge in [0, 0.05) is 0 Å². The highest BCUT2D eigenvalue weighted by Gasteiger charge is 2.26. The van der Waals surface area contributed by atoms with Gasteiger partial charge in [0.25, 0.3) is 0 Å². The van der Waals surface area contributed by atoms with Gasteiger partial charge in [-0.15, -0.1) is 19.3 Å². The van der Waals surface area contributed by atoms with E-state index in [2.05, 4.69) is 19.3 Å². The number of hydrogen-bond acceptors (Lipinski definition) is 7. The zero-order valence-electron chi connectivity index (χ0n) is 14.5. The van der Waals surface area contributed by atoms with Gasteiger partial charge in [0.2, 0.25) is 0 Å². The van der Waals surface area contributed by atoms with Crippen LogP contribution in [0.15, 0.2) is 0 Å². The molecule has 27 heavy (non-hydrogen) atoms. The Hall–Kier alpha value is -3.07. The zero-order valence-corrected chi connectivity index (χ0v) is 14.5. The van der Waals surface area contributed by atoms with Crippen molar-refractivity contribution in [2.24, 2.45) is 5.41 Å². The van der Waals surface area contributed by atoms with Gasteiger partial charge >= 0.3 is 17.9 Å². The minimum Gasteiger partial charge on any atom is -0.481 e. The molecule has 0 heterocycles. The highest BCUT2D eigenvalue weighted by molar-refractivity contribution is 5.70. The highest BCUT2D eigenvalue weighted by Crippen LogP contribution is 2.11. The molecule has 0 saturated carbocycles. The molecule has 152 valence electrons. The predicted molar refractivity (Wildman–Crippen MR) is 94.0 cm³/mol. The van der Waals surface area contributed by atoms with Gasteiger partial charge in [0.05, 0.1) is 31.8 Å². The summed E-state index contributed by atoms with van der Waals surface area (Å²) in [6, 6.07) is 0. The molecule has 0 spiro atoms. The fourth-order valence-electron chi connectivity index (χ4n) is 0.562. The molecule has 0 aliphatic heterocycles. The van der Waals surface area contributed by atoms with Crippen molar-refractivity contribution in [2.45, 2.75) is 19.3 Å². The summed E-state index contributed by atoms with van der Waals surface area (Å²) in [5.41, 5.74) is -1.11. The summed E-state index contributed by atoms with van der Waals surface area (Å²) in [6.45, 7) is -1.62. The summed E-state index contributed by atoms with van der Waals surface area (Å²) in [7, 11) is 0. The van der Waals surface area contributed by atoms with Gasteiger partial charge in [-0.2, -0.15) is 0 Å². The molecule has 0 rings (SSSR count). The average Bonchev–Trinajstić information content (AvgIpc) is 2.59. The van der Waals surface area contributed by atoms with Crippen molar-refractivity contribution >= 4 is 17.9 Å². The van der Waals surface area contributed by atoms with Crippen LogP contribution in [0.3, 0.4) is 0 Å². The third-order valence-electron chi connectivity index (χ3n) is 2.10. The summed E-state index contributed by atoms with van der Waals surface area (Å²) in [6.07, 6.45) is 13.3. The second kappa shape index (κ2) is 22.9. The summed E-state index contributed by atoms with van der Waals surface area (Å²) in [5.74, 6) is 3.06. The lowest BCUT2D eigenvalue weighted by molar-refractivity contribution is -0.136. The van der Waals surface area contributed by atoms with Gasteiger partial charge in [-0.1, -0.05) is 17.8 Å². The third kappa shape index (κ3) is 31.2. The Labute approximate surface area is 157 Å². The van der Waals surface area contributed by atoms with Gasteiger partial charge in [0.15, 0.2) is 0 Å². The van der Waals surface area contributed by atoms with Crippen molar-refractivity contribution in [2.75, 3.05) is 26.4 Å². The average molecular weight is 388 g/mol. The lowest BCUT2D eigenvalue weighted by Gasteiger charge is -2.23. The molecule has 0 fully saturated rings. The summed E-state index contributed by atoms with van der Waals surface area (Å²) in [5, 5.41) is 57.3. The van der Waals surface area contributed by atoms with Crippen LogP contribution < -0.4 is 0 Å². The second-order valence-corrected chi connectivity index (χ2v) is 4.46. The van der Waals surface area contributed by atoms with E-state index in [0.717, 1.165) is 0 Å². The molecule has 0 aromatic rings. The monoisotopic (exact) mass is 388 g/mol. The van der Waals surface area contributed by atoms with Crippen LogP contribution in [0.5, 0.6) is 0 Å². The van der Waals surface area contributed by atoms with Crippen LogP contribution in [-0.2, 0) is 14.4 Å². The maximum Gasteiger partial charge on any atom is 0.315 e. The van der Waals surface area contributed by atoms with Crippen molar-refractivity contribution in [1.82, 2.24) is 0 Å². The standard InChI is InChI=1S/C5H12O4.3C4H4O2/c6-1-5(2-7,3-8)4-9;3*1-2-3-4(5)6/h6-9H,1-4H2;3*1H,3H2,(H,5,6). The Balaban J connectivity index is -0.000000133. The maximum atomic E-state index is 9.46. The number of carboxylic acids is 3. The molecule has 0 aromatic heterocycles. The number of aliphatic hydroxyl groups is 4. The van der Waals surface area contributed by atoms with Gasteiger partial charge in [-0.05, 0) is 0 Å². The Bertz CT molecular complexity index is 450. The van der Waals surface area contributed by atoms with E-state index in [4.69, 9.17) is 35.7 Å². The molecule has 0 radical (unpaired) electrons. The van der Waals surface area contributed by atoms with Crippen LogP contribution >= 0.6 is 0 Å². The zero-order chi connectivity index (χ0) is 22.3. The largest absolute Gasteiger partial charge is 0.481 e. The van der Waals surface area contributed by atoms with E-state index in [-0.39, 0.29) is 19.3 Å². The van der Waals surface area contributed by atoms with Gasteiger partial charge < -0.3 is 35.7 Å². The molecule has 10 heteroatoms. The fraction of sp³-hybridized carbons (Fsp3) is 0.471. The van der Waals surface area contributed by atoms with Crippen molar-refractivity contribution in [3.05, 3.63) is 0 Å². The van der Waals surface area contributed by atoms with Crippen LogP contribution in [0, 0.1) is 42.4 Å². The van der Waals surface area contributed by atoms with Crippen LogP contribution in [-0.4, -0.2) is 80.1 Å². The first kappa shape index (κ1) is 31.7. The molecule has 0 aliphatic carbocycles. The molecule has 0 unspecified atom stereocenters. The van der Waals surface area contributed by atoms with Crippen molar-refractivity contribution in [1.29, 1.82) is 0 Å². The lowest BCUT2D eigenvalue weighted by Crippen LogP contribution is -2.37. The Morgan fingerprint density at radius 1 is 0.593 bits per heavy atom. The first-order valence-electron chi connectivity index (χ1n) is 6.95. The molecule has 0 saturated heterocycles.